The zero-order valence-electron chi connectivity index (χ0n) is 11.6. The van der Waals surface area contributed by atoms with Crippen LogP contribution in [0.2, 0.25) is 0 Å². The Labute approximate surface area is 95.5 Å². The smallest absolute Gasteiger partial charge is 0.0198 e. The second-order valence-corrected chi connectivity index (χ2v) is 6.94. The Balaban J connectivity index is 3.14. The predicted molar refractivity (Wildman–Crippen MR) is 68.1 cm³/mol. The molecule has 0 N–H and O–H groups in total. The van der Waals surface area contributed by atoms with E-state index in [9.17, 15) is 0 Å². The minimum Gasteiger partial charge on any atom is -0.302 e. The zero-order chi connectivity index (χ0) is 11.9. The molecule has 15 heavy (non-hydrogen) atoms. The maximum Gasteiger partial charge on any atom is 0.0198 e. The number of rotatable bonds is 0. The Morgan fingerprint density at radius 2 is 1.33 bits per heavy atom. The fourth-order valence-electron chi connectivity index (χ4n) is 2.42. The molecule has 1 rings (SSSR count). The van der Waals surface area contributed by atoms with Crippen LogP contribution in [0.1, 0.15) is 48.0 Å². The summed E-state index contributed by atoms with van der Waals surface area (Å²) in [6.45, 7) is 16.4. The summed E-state index contributed by atoms with van der Waals surface area (Å²) in [6, 6.07) is 0. The number of hydrogen-bond donors (Lipinski definition) is 0. The lowest BCUT2D eigenvalue weighted by Gasteiger charge is -2.40. The summed E-state index contributed by atoms with van der Waals surface area (Å²) in [7, 11) is 2.23. The van der Waals surface area contributed by atoms with Crippen LogP contribution in [-0.4, -0.2) is 25.0 Å². The first-order chi connectivity index (χ1) is 6.62. The molecule has 0 aromatic heterocycles. The molecule has 0 saturated carbocycles. The van der Waals surface area contributed by atoms with Gasteiger partial charge in [0.25, 0.3) is 0 Å². The van der Waals surface area contributed by atoms with Crippen molar-refractivity contribution in [3.05, 3.63) is 11.1 Å². The number of likely N-dealkylation sites (N-methyl/N-ethyl adjacent to an activating group) is 1. The average Bonchev–Trinajstić information content (AvgIpc) is 2.00. The van der Waals surface area contributed by atoms with Gasteiger partial charge >= 0.3 is 0 Å². The monoisotopic (exact) mass is 209 g/mol. The highest BCUT2D eigenvalue weighted by molar-refractivity contribution is 5.28. The summed E-state index contributed by atoms with van der Waals surface area (Å²) in [5.41, 5.74) is 4.00. The minimum atomic E-state index is 0.317. The van der Waals surface area contributed by atoms with Crippen molar-refractivity contribution < 1.29 is 0 Å². The third-order valence-corrected chi connectivity index (χ3v) is 3.35. The van der Waals surface area contributed by atoms with Crippen LogP contribution in [0.15, 0.2) is 11.1 Å². The fourth-order valence-corrected chi connectivity index (χ4v) is 2.42. The van der Waals surface area contributed by atoms with Gasteiger partial charge in [-0.25, -0.2) is 0 Å². The largest absolute Gasteiger partial charge is 0.302 e. The molecule has 1 nitrogen and oxygen atoms in total. The summed E-state index contributed by atoms with van der Waals surface area (Å²) in [5, 5.41) is 0. The van der Waals surface area contributed by atoms with Crippen molar-refractivity contribution in [2.24, 2.45) is 10.8 Å². The van der Waals surface area contributed by atoms with Crippen molar-refractivity contribution in [2.75, 3.05) is 20.1 Å². The van der Waals surface area contributed by atoms with Crippen molar-refractivity contribution in [1.82, 2.24) is 4.90 Å². The molecule has 0 aromatic carbocycles. The van der Waals surface area contributed by atoms with Gasteiger partial charge in [-0.2, -0.15) is 0 Å². The number of hydrogen-bond acceptors (Lipinski definition) is 1. The van der Waals surface area contributed by atoms with E-state index in [1.54, 1.807) is 11.1 Å². The molecular formula is C14H27N. The third kappa shape index (κ3) is 3.07. The summed E-state index contributed by atoms with van der Waals surface area (Å²) in [4.78, 5) is 2.44. The second-order valence-electron chi connectivity index (χ2n) is 6.94. The van der Waals surface area contributed by atoms with Crippen LogP contribution in [0.25, 0.3) is 0 Å². The summed E-state index contributed by atoms with van der Waals surface area (Å²) < 4.78 is 0. The standard InChI is InChI=1S/C14H27N/c1-13(2,3)11-8-9-15(7)10-12(11)14(4,5)6/h8-10H2,1-7H3. The molecule has 0 fully saturated rings. The molecule has 0 aromatic rings. The van der Waals surface area contributed by atoms with Crippen molar-refractivity contribution >= 4 is 0 Å². The average molecular weight is 209 g/mol. The van der Waals surface area contributed by atoms with Gasteiger partial charge in [-0.05, 0) is 24.3 Å². The van der Waals surface area contributed by atoms with E-state index in [1.165, 1.54) is 13.0 Å². The lowest BCUT2D eigenvalue weighted by Crippen LogP contribution is -2.35. The van der Waals surface area contributed by atoms with Crippen LogP contribution < -0.4 is 0 Å². The van der Waals surface area contributed by atoms with Gasteiger partial charge in [0.15, 0.2) is 0 Å². The van der Waals surface area contributed by atoms with Gasteiger partial charge in [0.05, 0.1) is 0 Å². The van der Waals surface area contributed by atoms with Crippen LogP contribution in [0.3, 0.4) is 0 Å². The second kappa shape index (κ2) is 3.93. The van der Waals surface area contributed by atoms with Crippen LogP contribution in [-0.2, 0) is 0 Å². The summed E-state index contributed by atoms with van der Waals surface area (Å²) >= 11 is 0. The molecule has 0 saturated heterocycles. The molecule has 1 aliphatic heterocycles. The van der Waals surface area contributed by atoms with Crippen molar-refractivity contribution in [1.29, 1.82) is 0 Å². The third-order valence-electron chi connectivity index (χ3n) is 3.35. The zero-order valence-corrected chi connectivity index (χ0v) is 11.6. The van der Waals surface area contributed by atoms with Crippen LogP contribution in [0, 0.1) is 10.8 Å². The lowest BCUT2D eigenvalue weighted by molar-refractivity contribution is 0.284. The first-order valence-corrected chi connectivity index (χ1v) is 6.04. The van der Waals surface area contributed by atoms with Gasteiger partial charge < -0.3 is 4.90 Å². The van der Waals surface area contributed by atoms with Gasteiger partial charge in [-0.1, -0.05) is 52.7 Å². The van der Waals surface area contributed by atoms with Crippen molar-refractivity contribution in [2.45, 2.75) is 48.0 Å². The molecule has 0 unspecified atom stereocenters. The summed E-state index contributed by atoms with van der Waals surface area (Å²) in [5.74, 6) is 0. The van der Waals surface area contributed by atoms with E-state index in [1.807, 2.05) is 0 Å². The topological polar surface area (TPSA) is 3.24 Å². The van der Waals surface area contributed by atoms with Gasteiger partial charge in [0.1, 0.15) is 0 Å². The number of nitrogens with zero attached hydrogens (tertiary/aromatic N) is 1. The van der Waals surface area contributed by atoms with Crippen LogP contribution in [0.4, 0.5) is 0 Å². The molecule has 0 spiro atoms. The van der Waals surface area contributed by atoms with Gasteiger partial charge in [-0.3, -0.25) is 0 Å². The maximum absolute atomic E-state index is 2.44. The molecule has 0 atom stereocenters. The van der Waals surface area contributed by atoms with E-state index in [0.717, 1.165) is 6.54 Å². The van der Waals surface area contributed by atoms with E-state index in [2.05, 4.69) is 53.5 Å². The first kappa shape index (κ1) is 12.8. The molecule has 0 radical (unpaired) electrons. The predicted octanol–water partition coefficient (Wildman–Crippen LogP) is 3.71. The Hall–Kier alpha value is -0.300. The Morgan fingerprint density at radius 1 is 0.867 bits per heavy atom. The molecular weight excluding hydrogens is 182 g/mol. The highest BCUT2D eigenvalue weighted by atomic mass is 15.1. The van der Waals surface area contributed by atoms with Gasteiger partial charge in [0.2, 0.25) is 0 Å². The first-order valence-electron chi connectivity index (χ1n) is 6.04. The molecule has 88 valence electrons. The highest BCUT2D eigenvalue weighted by Crippen LogP contribution is 2.40. The molecule has 1 heteroatoms. The Kier molecular flexibility index (Phi) is 3.35. The van der Waals surface area contributed by atoms with Gasteiger partial charge in [0, 0.05) is 13.1 Å². The Morgan fingerprint density at radius 3 is 1.73 bits per heavy atom. The van der Waals surface area contributed by atoms with E-state index < -0.39 is 0 Å². The van der Waals surface area contributed by atoms with Crippen LogP contribution in [0.5, 0.6) is 0 Å². The highest BCUT2D eigenvalue weighted by Gasteiger charge is 2.30. The minimum absolute atomic E-state index is 0.317. The Bertz CT molecular complexity index is 260. The quantitative estimate of drug-likeness (QED) is 0.550. The molecule has 0 amide bonds. The van der Waals surface area contributed by atoms with Crippen molar-refractivity contribution in [3.8, 4) is 0 Å². The fraction of sp³-hybridized carbons (Fsp3) is 0.857. The molecule has 0 bridgehead atoms. The lowest BCUT2D eigenvalue weighted by atomic mass is 9.72. The van der Waals surface area contributed by atoms with E-state index in [0.29, 0.717) is 10.8 Å². The van der Waals surface area contributed by atoms with Gasteiger partial charge in [-0.15, -0.1) is 0 Å². The van der Waals surface area contributed by atoms with Crippen molar-refractivity contribution in [3.63, 3.8) is 0 Å². The maximum atomic E-state index is 2.44. The SMILES string of the molecule is CN1CCC(C(C)(C)C)=C(C(C)(C)C)C1. The summed E-state index contributed by atoms with van der Waals surface area (Å²) in [6.07, 6.45) is 1.24. The molecule has 0 aliphatic carbocycles. The van der Waals surface area contributed by atoms with Crippen LogP contribution >= 0.6 is 0 Å². The van der Waals surface area contributed by atoms with E-state index >= 15 is 0 Å². The van der Waals surface area contributed by atoms with E-state index in [-0.39, 0.29) is 0 Å². The van der Waals surface area contributed by atoms with E-state index in [4.69, 9.17) is 0 Å². The normalized spacial score (nSPS) is 21.0. The molecule has 1 heterocycles. The molecule has 1 aliphatic rings.